The minimum absolute atomic E-state index is 0.0119. The van der Waals surface area contributed by atoms with E-state index in [0.29, 0.717) is 19.5 Å². The van der Waals surface area contributed by atoms with Gasteiger partial charge in [0.25, 0.3) is 0 Å². The number of alkyl carbamates (subject to hydrolysis) is 2. The van der Waals surface area contributed by atoms with Crippen molar-refractivity contribution in [1.82, 2.24) is 30.8 Å². The number of ether oxygens (including phenoxy) is 2. The quantitative estimate of drug-likeness (QED) is 0.102. The average Bonchev–Trinajstić information content (AvgIpc) is 4.16. The van der Waals surface area contributed by atoms with Gasteiger partial charge >= 0.3 is 12.2 Å². The van der Waals surface area contributed by atoms with E-state index in [1.807, 2.05) is 24.9 Å². The molecule has 3 aromatic carbocycles. The fourth-order valence-corrected chi connectivity index (χ4v) is 9.93. The Bertz CT molecular complexity index is 2370. The monoisotopic (exact) mass is 917 g/mol. The molecule has 15 nitrogen and oxygen atoms in total. The van der Waals surface area contributed by atoms with Crippen molar-refractivity contribution in [1.29, 1.82) is 0 Å². The number of benzene rings is 3. The van der Waals surface area contributed by atoms with Gasteiger partial charge in [-0.25, -0.2) is 14.6 Å². The summed E-state index contributed by atoms with van der Waals surface area (Å²) >= 11 is 0. The molecule has 1 aromatic heterocycles. The Morgan fingerprint density at radius 1 is 0.687 bits per heavy atom. The minimum Gasteiger partial charge on any atom is -0.453 e. The predicted molar refractivity (Wildman–Crippen MR) is 258 cm³/mol. The van der Waals surface area contributed by atoms with Crippen molar-refractivity contribution < 1.29 is 33.4 Å². The smallest absolute Gasteiger partial charge is 0.407 e. The van der Waals surface area contributed by atoms with Crippen LogP contribution in [0.2, 0.25) is 0 Å². The molecular formula is C52H68N8O7. The van der Waals surface area contributed by atoms with Gasteiger partial charge in [-0.3, -0.25) is 19.7 Å². The summed E-state index contributed by atoms with van der Waals surface area (Å²) in [5.41, 5.74) is 7.58. The van der Waals surface area contributed by atoms with E-state index in [1.54, 1.807) is 13.8 Å². The molecule has 5 amide bonds. The van der Waals surface area contributed by atoms with Crippen molar-refractivity contribution in [2.75, 3.05) is 37.1 Å². The SMILES string of the molecule is COC(=O)N[C@H](C(=O)NC(=O)[C@@H]1CCCN1c1ccc([C@H]2CC[C@H](c3ccc(-c4cnc([C@@H]5CCCN5C(=O)[C@@H](NC(=O)OC)C(C)C)[nH]4)cc3)N2c2ccc(C(C)(C)C)cc2)cc1)C(C)C. The van der Waals surface area contributed by atoms with Crippen molar-refractivity contribution in [2.24, 2.45) is 11.8 Å². The molecule has 4 aromatic rings. The minimum atomic E-state index is -0.910. The summed E-state index contributed by atoms with van der Waals surface area (Å²) in [7, 11) is 2.53. The van der Waals surface area contributed by atoms with Crippen molar-refractivity contribution in [3.8, 4) is 11.3 Å². The summed E-state index contributed by atoms with van der Waals surface area (Å²) in [6.45, 7) is 15.4. The molecule has 0 radical (unpaired) electrons. The lowest BCUT2D eigenvalue weighted by atomic mass is 9.87. The number of H-pyrrole nitrogens is 1. The number of carbonyl (C=O) groups is 5. The second-order valence-electron chi connectivity index (χ2n) is 19.8. The summed E-state index contributed by atoms with van der Waals surface area (Å²) in [5.74, 6) is -0.728. The highest BCUT2D eigenvalue weighted by molar-refractivity contribution is 6.02. The number of imide groups is 1. The number of likely N-dealkylation sites (tertiary alicyclic amines) is 1. The lowest BCUT2D eigenvalue weighted by Gasteiger charge is -2.34. The zero-order valence-corrected chi connectivity index (χ0v) is 40.4. The lowest BCUT2D eigenvalue weighted by molar-refractivity contribution is -0.135. The number of methoxy groups -OCH3 is 2. The predicted octanol–water partition coefficient (Wildman–Crippen LogP) is 8.49. The van der Waals surface area contributed by atoms with Crippen LogP contribution in [0.1, 0.15) is 128 Å². The van der Waals surface area contributed by atoms with Gasteiger partial charge in [-0.2, -0.15) is 0 Å². The van der Waals surface area contributed by atoms with Crippen LogP contribution in [0.4, 0.5) is 21.0 Å². The molecule has 3 aliphatic rings. The van der Waals surface area contributed by atoms with Crippen molar-refractivity contribution in [3.63, 3.8) is 0 Å². The van der Waals surface area contributed by atoms with E-state index < -0.39 is 36.2 Å². The molecule has 0 bridgehead atoms. The van der Waals surface area contributed by atoms with E-state index in [2.05, 4.69) is 124 Å². The number of amides is 5. The Kier molecular flexibility index (Phi) is 15.0. The van der Waals surface area contributed by atoms with Crippen LogP contribution in [0.15, 0.2) is 79.0 Å². The number of hydrogen-bond acceptors (Lipinski definition) is 10. The van der Waals surface area contributed by atoms with Gasteiger partial charge in [0.2, 0.25) is 17.7 Å². The first-order chi connectivity index (χ1) is 32.0. The Balaban J connectivity index is 1.09. The number of imidazole rings is 1. The maximum absolute atomic E-state index is 13.7. The highest BCUT2D eigenvalue weighted by Crippen LogP contribution is 2.48. The van der Waals surface area contributed by atoms with Crippen LogP contribution in [0.25, 0.3) is 11.3 Å². The number of carbonyl (C=O) groups excluding carboxylic acids is 5. The van der Waals surface area contributed by atoms with E-state index in [1.165, 1.54) is 30.9 Å². The van der Waals surface area contributed by atoms with Crippen molar-refractivity contribution >= 4 is 41.3 Å². The largest absolute Gasteiger partial charge is 0.453 e. The third-order valence-electron chi connectivity index (χ3n) is 13.7. The van der Waals surface area contributed by atoms with Crippen LogP contribution in [-0.4, -0.2) is 90.2 Å². The Hall–Kier alpha value is -6.38. The average molecular weight is 917 g/mol. The third-order valence-corrected chi connectivity index (χ3v) is 13.7. The van der Waals surface area contributed by atoms with Gasteiger partial charge in [-0.05, 0) is 102 Å². The van der Waals surface area contributed by atoms with Gasteiger partial charge in [0.1, 0.15) is 23.9 Å². The Labute approximate surface area is 394 Å². The van der Waals surface area contributed by atoms with Crippen LogP contribution < -0.4 is 25.8 Å². The standard InChI is InChI=1S/C52H68N8O7/c1-31(2)44(55-50(64)66-8)48(62)57-47(61)43-13-11-28-58(43)37-22-18-35(19-23-37)41-27-26-40(60(41)38-24-20-36(21-25-38)52(5,6)7)34-16-14-33(15-17-34)39-30-53-46(54-39)42-12-10-29-59(42)49(63)45(32(3)4)56-51(65)67-9/h14-25,30-32,40-45H,10-13,26-29H2,1-9H3,(H,53,54)(H,55,64)(H,56,65)(H,57,61,62)/t40-,41-,42+,43+,44+,45+/m1/s1. The second kappa shape index (κ2) is 20.6. The molecule has 4 N–H and O–H groups in total. The van der Waals surface area contributed by atoms with Gasteiger partial charge < -0.3 is 39.8 Å². The maximum atomic E-state index is 13.7. The van der Waals surface area contributed by atoms with Gasteiger partial charge in [-0.15, -0.1) is 0 Å². The van der Waals surface area contributed by atoms with Crippen molar-refractivity contribution in [3.05, 3.63) is 102 Å². The lowest BCUT2D eigenvalue weighted by Crippen LogP contribution is -2.54. The fraction of sp³-hybridized carbons (Fsp3) is 0.500. The first kappa shape index (κ1) is 48.6. The summed E-state index contributed by atoms with van der Waals surface area (Å²) in [6, 6.07) is 24.0. The van der Waals surface area contributed by atoms with Crippen molar-refractivity contribution in [2.45, 2.75) is 129 Å². The first-order valence-corrected chi connectivity index (χ1v) is 23.7. The van der Waals surface area contributed by atoms with Gasteiger partial charge in [0.05, 0.1) is 44.2 Å². The van der Waals surface area contributed by atoms with E-state index in [0.717, 1.165) is 60.6 Å². The number of aromatic nitrogens is 2. The van der Waals surface area contributed by atoms with Crippen LogP contribution in [-0.2, 0) is 29.3 Å². The molecule has 0 spiro atoms. The Morgan fingerprint density at radius 3 is 1.81 bits per heavy atom. The van der Waals surface area contributed by atoms with Gasteiger partial charge in [0, 0.05) is 24.5 Å². The van der Waals surface area contributed by atoms with Crippen LogP contribution >= 0.6 is 0 Å². The molecular weight excluding hydrogens is 849 g/mol. The molecule has 358 valence electrons. The van der Waals surface area contributed by atoms with Gasteiger partial charge in [-0.1, -0.05) is 97.0 Å². The number of nitrogens with one attached hydrogen (secondary N) is 4. The summed E-state index contributed by atoms with van der Waals surface area (Å²) < 4.78 is 9.50. The summed E-state index contributed by atoms with van der Waals surface area (Å²) in [5, 5.41) is 7.82. The van der Waals surface area contributed by atoms with E-state index >= 15 is 0 Å². The van der Waals surface area contributed by atoms with Gasteiger partial charge in [0.15, 0.2) is 0 Å². The zero-order chi connectivity index (χ0) is 48.2. The van der Waals surface area contributed by atoms with E-state index in [4.69, 9.17) is 14.5 Å². The molecule has 67 heavy (non-hydrogen) atoms. The second-order valence-corrected chi connectivity index (χ2v) is 19.8. The summed E-state index contributed by atoms with van der Waals surface area (Å²) in [4.78, 5) is 79.1. The number of aromatic amines is 1. The topological polar surface area (TPSA) is 178 Å². The first-order valence-electron chi connectivity index (χ1n) is 23.7. The Morgan fingerprint density at radius 2 is 1.24 bits per heavy atom. The van der Waals surface area contributed by atoms with E-state index in [-0.39, 0.29) is 47.2 Å². The molecule has 6 atom stereocenters. The molecule has 4 heterocycles. The molecule has 15 heteroatoms. The van der Waals surface area contributed by atoms with Crippen LogP contribution in [0, 0.1) is 11.8 Å². The summed E-state index contributed by atoms with van der Waals surface area (Å²) in [6.07, 6.45) is 5.39. The normalized spacial score (nSPS) is 20.5. The third kappa shape index (κ3) is 10.8. The highest BCUT2D eigenvalue weighted by atomic mass is 16.5. The van der Waals surface area contributed by atoms with Crippen LogP contribution in [0.3, 0.4) is 0 Å². The molecule has 3 aliphatic heterocycles. The van der Waals surface area contributed by atoms with E-state index in [9.17, 15) is 24.0 Å². The number of hydrogen-bond donors (Lipinski definition) is 4. The molecule has 3 fully saturated rings. The van der Waals surface area contributed by atoms with Crippen LogP contribution in [0.5, 0.6) is 0 Å². The zero-order valence-electron chi connectivity index (χ0n) is 40.4. The maximum Gasteiger partial charge on any atom is 0.407 e. The molecule has 3 saturated heterocycles. The molecule has 0 saturated carbocycles. The molecule has 7 rings (SSSR count). The fourth-order valence-electron chi connectivity index (χ4n) is 9.93. The molecule has 0 unspecified atom stereocenters. The number of rotatable bonds is 13. The highest BCUT2D eigenvalue weighted by Gasteiger charge is 2.39. The number of nitrogens with zero attached hydrogens (tertiary/aromatic N) is 4. The molecule has 0 aliphatic carbocycles. The number of anilines is 2.